The molecule has 2 aromatic carbocycles. The quantitative estimate of drug-likeness (QED) is 0.866. The first-order valence-corrected chi connectivity index (χ1v) is 6.20. The van der Waals surface area contributed by atoms with Crippen molar-refractivity contribution in [2.24, 2.45) is 11.7 Å². The van der Waals surface area contributed by atoms with E-state index >= 15 is 0 Å². The third-order valence-electron chi connectivity index (χ3n) is 3.06. The number of anilines is 1. The summed E-state index contributed by atoms with van der Waals surface area (Å²) in [5.74, 6) is -0.0304. The van der Waals surface area contributed by atoms with Gasteiger partial charge in [-0.25, -0.2) is 0 Å². The van der Waals surface area contributed by atoms with Gasteiger partial charge in [0.05, 0.1) is 0 Å². The molecule has 0 radical (unpaired) electrons. The molecule has 0 saturated heterocycles. The lowest BCUT2D eigenvalue weighted by atomic mass is 10.1. The van der Waals surface area contributed by atoms with Gasteiger partial charge in [-0.2, -0.15) is 0 Å². The van der Waals surface area contributed by atoms with Crippen molar-refractivity contribution in [1.82, 2.24) is 0 Å². The molecule has 0 aliphatic carbocycles. The Morgan fingerprint density at radius 2 is 1.94 bits per heavy atom. The molecule has 3 heteroatoms. The Bertz CT molecular complexity index is 551. The van der Waals surface area contributed by atoms with Crippen LogP contribution in [0.5, 0.6) is 0 Å². The maximum absolute atomic E-state index is 11.9. The summed E-state index contributed by atoms with van der Waals surface area (Å²) in [6.45, 7) is 2.43. The summed E-state index contributed by atoms with van der Waals surface area (Å²) in [5.41, 5.74) is 6.29. The third kappa shape index (κ3) is 2.87. The summed E-state index contributed by atoms with van der Waals surface area (Å²) < 4.78 is 0. The number of nitrogens with one attached hydrogen (secondary N) is 1. The molecule has 0 fully saturated rings. The molecule has 94 valence electrons. The number of hydrogen-bond acceptors (Lipinski definition) is 2. The van der Waals surface area contributed by atoms with Crippen LogP contribution < -0.4 is 11.1 Å². The second-order valence-corrected chi connectivity index (χ2v) is 4.53. The van der Waals surface area contributed by atoms with E-state index in [4.69, 9.17) is 5.73 Å². The zero-order chi connectivity index (χ0) is 13.0. The Balaban J connectivity index is 2.14. The number of carbonyl (C=O) groups is 1. The average molecular weight is 242 g/mol. The van der Waals surface area contributed by atoms with Crippen LogP contribution in [0.3, 0.4) is 0 Å². The fourth-order valence-electron chi connectivity index (χ4n) is 1.91. The Labute approximate surface area is 107 Å². The topological polar surface area (TPSA) is 55.1 Å². The molecule has 1 amide bonds. The van der Waals surface area contributed by atoms with Crippen LogP contribution >= 0.6 is 0 Å². The number of fused-ring (bicyclic) bond motifs is 1. The number of carbonyl (C=O) groups excluding carboxylic acids is 1. The average Bonchev–Trinajstić information content (AvgIpc) is 2.39. The summed E-state index contributed by atoms with van der Waals surface area (Å²) in [5, 5.41) is 5.22. The fraction of sp³-hybridized carbons (Fsp3) is 0.267. The van der Waals surface area contributed by atoms with Crippen LogP contribution in [0.1, 0.15) is 13.3 Å². The van der Waals surface area contributed by atoms with E-state index in [-0.39, 0.29) is 11.8 Å². The smallest absolute Gasteiger partial charge is 0.227 e. The van der Waals surface area contributed by atoms with Crippen LogP contribution in [0.25, 0.3) is 10.8 Å². The van der Waals surface area contributed by atoms with Gasteiger partial charge in [0.1, 0.15) is 0 Å². The zero-order valence-corrected chi connectivity index (χ0v) is 10.5. The molecule has 3 N–H and O–H groups in total. The standard InChI is InChI=1S/C15H18N2O/c1-11(8-9-16)15(18)17-14-7-6-12-4-2-3-5-13(12)10-14/h2-7,10-11H,8-9,16H2,1H3,(H,17,18). The normalized spacial score (nSPS) is 12.3. The van der Waals surface area contributed by atoms with E-state index < -0.39 is 0 Å². The van der Waals surface area contributed by atoms with Gasteiger partial charge in [0.15, 0.2) is 0 Å². The molecule has 1 atom stereocenters. The summed E-state index contributed by atoms with van der Waals surface area (Å²) in [4.78, 5) is 11.9. The van der Waals surface area contributed by atoms with Crippen molar-refractivity contribution in [2.75, 3.05) is 11.9 Å². The summed E-state index contributed by atoms with van der Waals surface area (Å²) in [6, 6.07) is 14.0. The minimum atomic E-state index is -0.0542. The molecule has 0 heterocycles. The molecule has 18 heavy (non-hydrogen) atoms. The van der Waals surface area contributed by atoms with Crippen LogP contribution in [-0.2, 0) is 4.79 Å². The van der Waals surface area contributed by atoms with E-state index in [1.54, 1.807) is 0 Å². The first-order chi connectivity index (χ1) is 8.70. The van der Waals surface area contributed by atoms with E-state index in [0.29, 0.717) is 13.0 Å². The lowest BCUT2D eigenvalue weighted by molar-refractivity contribution is -0.119. The summed E-state index contributed by atoms with van der Waals surface area (Å²) >= 11 is 0. The van der Waals surface area contributed by atoms with Crippen LogP contribution in [0.2, 0.25) is 0 Å². The van der Waals surface area contributed by atoms with Crippen LogP contribution in [-0.4, -0.2) is 12.5 Å². The van der Waals surface area contributed by atoms with Crippen molar-refractivity contribution >= 4 is 22.4 Å². The number of amides is 1. The molecule has 0 aliphatic rings. The monoisotopic (exact) mass is 242 g/mol. The molecule has 0 saturated carbocycles. The fourth-order valence-corrected chi connectivity index (χ4v) is 1.91. The van der Waals surface area contributed by atoms with Gasteiger partial charge in [0.2, 0.25) is 5.91 Å². The van der Waals surface area contributed by atoms with Crippen molar-refractivity contribution in [2.45, 2.75) is 13.3 Å². The highest BCUT2D eigenvalue weighted by Gasteiger charge is 2.11. The van der Waals surface area contributed by atoms with Gasteiger partial charge in [-0.3, -0.25) is 4.79 Å². The zero-order valence-electron chi connectivity index (χ0n) is 10.5. The Morgan fingerprint density at radius 3 is 2.67 bits per heavy atom. The number of hydrogen-bond donors (Lipinski definition) is 2. The lowest BCUT2D eigenvalue weighted by Crippen LogP contribution is -2.22. The van der Waals surface area contributed by atoms with Gasteiger partial charge in [-0.1, -0.05) is 37.3 Å². The number of benzene rings is 2. The number of rotatable bonds is 4. The largest absolute Gasteiger partial charge is 0.330 e. The van der Waals surface area contributed by atoms with Gasteiger partial charge >= 0.3 is 0 Å². The minimum Gasteiger partial charge on any atom is -0.330 e. The highest BCUT2D eigenvalue weighted by atomic mass is 16.1. The van der Waals surface area contributed by atoms with E-state index in [2.05, 4.69) is 11.4 Å². The molecule has 0 bridgehead atoms. The second-order valence-electron chi connectivity index (χ2n) is 4.53. The molecule has 1 unspecified atom stereocenters. The molecular weight excluding hydrogens is 224 g/mol. The maximum atomic E-state index is 11.9. The second kappa shape index (κ2) is 5.65. The predicted octanol–water partition coefficient (Wildman–Crippen LogP) is 2.76. The molecule has 2 aromatic rings. The molecule has 0 aromatic heterocycles. The first kappa shape index (κ1) is 12.6. The highest BCUT2D eigenvalue weighted by Crippen LogP contribution is 2.19. The van der Waals surface area contributed by atoms with E-state index in [1.807, 2.05) is 43.3 Å². The van der Waals surface area contributed by atoms with Gasteiger partial charge < -0.3 is 11.1 Å². The van der Waals surface area contributed by atoms with Gasteiger partial charge in [0, 0.05) is 11.6 Å². The molecular formula is C15H18N2O. The number of nitrogens with two attached hydrogens (primary N) is 1. The summed E-state index contributed by atoms with van der Waals surface area (Å²) in [6.07, 6.45) is 0.708. The van der Waals surface area contributed by atoms with Crippen LogP contribution in [0, 0.1) is 5.92 Å². The van der Waals surface area contributed by atoms with Crippen molar-refractivity contribution in [3.63, 3.8) is 0 Å². The Morgan fingerprint density at radius 1 is 1.22 bits per heavy atom. The predicted molar refractivity (Wildman–Crippen MR) is 75.4 cm³/mol. The highest BCUT2D eigenvalue weighted by molar-refractivity contribution is 5.95. The minimum absolute atomic E-state index is 0.0238. The van der Waals surface area contributed by atoms with E-state index in [9.17, 15) is 4.79 Å². The molecule has 0 aliphatic heterocycles. The Hall–Kier alpha value is -1.87. The lowest BCUT2D eigenvalue weighted by Gasteiger charge is -2.11. The van der Waals surface area contributed by atoms with Gasteiger partial charge in [0.25, 0.3) is 0 Å². The van der Waals surface area contributed by atoms with Crippen molar-refractivity contribution in [3.05, 3.63) is 42.5 Å². The van der Waals surface area contributed by atoms with Crippen molar-refractivity contribution < 1.29 is 4.79 Å². The van der Waals surface area contributed by atoms with Crippen LogP contribution in [0.4, 0.5) is 5.69 Å². The summed E-state index contributed by atoms with van der Waals surface area (Å²) in [7, 11) is 0. The maximum Gasteiger partial charge on any atom is 0.227 e. The van der Waals surface area contributed by atoms with Crippen LogP contribution in [0.15, 0.2) is 42.5 Å². The van der Waals surface area contributed by atoms with Crippen molar-refractivity contribution in [1.29, 1.82) is 0 Å². The molecule has 3 nitrogen and oxygen atoms in total. The van der Waals surface area contributed by atoms with Gasteiger partial charge in [-0.15, -0.1) is 0 Å². The van der Waals surface area contributed by atoms with Crippen molar-refractivity contribution in [3.8, 4) is 0 Å². The molecule has 2 rings (SSSR count). The molecule has 0 spiro atoms. The van der Waals surface area contributed by atoms with Gasteiger partial charge in [-0.05, 0) is 35.9 Å². The third-order valence-corrected chi connectivity index (χ3v) is 3.06. The first-order valence-electron chi connectivity index (χ1n) is 6.20. The van der Waals surface area contributed by atoms with E-state index in [1.165, 1.54) is 5.39 Å². The Kier molecular flexibility index (Phi) is 3.95. The van der Waals surface area contributed by atoms with E-state index in [0.717, 1.165) is 11.1 Å². The SMILES string of the molecule is CC(CCN)C(=O)Nc1ccc2ccccc2c1.